The van der Waals surface area contributed by atoms with Crippen molar-refractivity contribution in [1.29, 1.82) is 0 Å². The Morgan fingerprint density at radius 1 is 1.45 bits per heavy atom. The van der Waals surface area contributed by atoms with Crippen LogP contribution in [-0.4, -0.2) is 37.6 Å². The van der Waals surface area contributed by atoms with E-state index in [1.54, 1.807) is 32.0 Å². The minimum Gasteiger partial charge on any atom is -0.507 e. The molecule has 0 unspecified atom stereocenters. The molecular weight excluding hydrogens is 282 g/mol. The fourth-order valence-electron chi connectivity index (χ4n) is 1.36. The third kappa shape index (κ3) is 5.48. The fourth-order valence-corrected chi connectivity index (χ4v) is 1.36. The number of ether oxygens (including phenoxy) is 2. The van der Waals surface area contributed by atoms with Crippen LogP contribution in [0, 0.1) is 5.92 Å². The van der Waals surface area contributed by atoms with Gasteiger partial charge in [-0.25, -0.2) is 0 Å². The molecule has 1 N–H and O–H groups in total. The Morgan fingerprint density at radius 3 is 2.75 bits per heavy atom. The molecule has 20 heavy (non-hydrogen) atoms. The minimum atomic E-state index is -0.240. The predicted molar refractivity (Wildman–Crippen MR) is 80.2 cm³/mol. The topological polar surface area (TPSA) is 68.1 Å². The molecule has 0 aliphatic carbocycles. The lowest BCUT2D eigenvalue weighted by Crippen LogP contribution is -2.13. The molecule has 0 saturated heterocycles. The van der Waals surface area contributed by atoms with Crippen molar-refractivity contribution in [3.8, 4) is 11.5 Å². The molecule has 0 radical (unpaired) electrons. The molecule has 0 amide bonds. The highest BCUT2D eigenvalue weighted by molar-refractivity contribution is 5.87. The van der Waals surface area contributed by atoms with E-state index >= 15 is 0 Å². The summed E-state index contributed by atoms with van der Waals surface area (Å²) in [5.74, 6) is 0.266. The number of aromatic hydroxyl groups is 1. The molecule has 0 aliphatic rings. The third-order valence-electron chi connectivity index (χ3n) is 2.42. The van der Waals surface area contributed by atoms with Crippen molar-refractivity contribution in [2.24, 2.45) is 10.9 Å². The summed E-state index contributed by atoms with van der Waals surface area (Å²) in [6.07, 6.45) is 1.51. The lowest BCUT2D eigenvalue weighted by molar-refractivity contribution is -0.146. The Bertz CT molecular complexity index is 460. The first-order valence-corrected chi connectivity index (χ1v) is 6.08. The van der Waals surface area contributed by atoms with Gasteiger partial charge in [0.05, 0.1) is 25.1 Å². The van der Waals surface area contributed by atoms with Crippen LogP contribution in [0.4, 0.5) is 0 Å². The van der Waals surface area contributed by atoms with Crippen LogP contribution in [0.1, 0.15) is 19.4 Å². The number of benzene rings is 1. The summed E-state index contributed by atoms with van der Waals surface area (Å²) >= 11 is 0. The van der Waals surface area contributed by atoms with Crippen LogP contribution >= 0.6 is 12.4 Å². The molecule has 0 aromatic heterocycles. The first kappa shape index (κ1) is 18.2. The van der Waals surface area contributed by atoms with Crippen molar-refractivity contribution in [3.05, 3.63) is 23.8 Å². The largest absolute Gasteiger partial charge is 0.507 e. The van der Waals surface area contributed by atoms with Gasteiger partial charge >= 0.3 is 5.97 Å². The molecule has 0 atom stereocenters. The highest BCUT2D eigenvalue weighted by Gasteiger charge is 2.07. The van der Waals surface area contributed by atoms with Gasteiger partial charge in [0, 0.05) is 6.21 Å². The number of esters is 1. The summed E-state index contributed by atoms with van der Waals surface area (Å²) in [6, 6.07) is 4.98. The van der Waals surface area contributed by atoms with Gasteiger partial charge in [-0.3, -0.25) is 9.79 Å². The van der Waals surface area contributed by atoms with Gasteiger partial charge in [0.25, 0.3) is 0 Å². The zero-order valence-electron chi connectivity index (χ0n) is 11.8. The monoisotopic (exact) mass is 301 g/mol. The van der Waals surface area contributed by atoms with Crippen molar-refractivity contribution in [1.82, 2.24) is 0 Å². The highest BCUT2D eigenvalue weighted by atomic mass is 35.5. The molecule has 0 saturated carbocycles. The van der Waals surface area contributed by atoms with E-state index in [1.165, 1.54) is 13.3 Å². The van der Waals surface area contributed by atoms with E-state index in [2.05, 4.69) is 4.99 Å². The highest BCUT2D eigenvalue weighted by Crippen LogP contribution is 2.24. The zero-order chi connectivity index (χ0) is 14.3. The molecule has 6 heteroatoms. The molecule has 0 fully saturated rings. The lowest BCUT2D eigenvalue weighted by Gasteiger charge is -2.06. The maximum Gasteiger partial charge on any atom is 0.308 e. The quantitative estimate of drug-likeness (QED) is 0.498. The van der Waals surface area contributed by atoms with Gasteiger partial charge in [-0.2, -0.15) is 0 Å². The van der Waals surface area contributed by atoms with E-state index in [0.717, 1.165) is 0 Å². The second-order valence-electron chi connectivity index (χ2n) is 4.25. The van der Waals surface area contributed by atoms with Gasteiger partial charge in [-0.1, -0.05) is 19.9 Å². The summed E-state index contributed by atoms with van der Waals surface area (Å²) < 4.78 is 10.1. The first-order valence-electron chi connectivity index (χ1n) is 6.08. The maximum absolute atomic E-state index is 11.2. The molecule has 112 valence electrons. The SMILES string of the molecule is COc1cccc(O)c1C=NCCOC(=O)C(C)C.Cl. The number of carbonyl (C=O) groups excluding carboxylic acids is 1. The smallest absolute Gasteiger partial charge is 0.308 e. The number of phenols is 1. The summed E-state index contributed by atoms with van der Waals surface area (Å²) in [5, 5.41) is 9.68. The molecular formula is C14H20ClNO4. The lowest BCUT2D eigenvalue weighted by atomic mass is 10.2. The van der Waals surface area contributed by atoms with Crippen molar-refractivity contribution in [3.63, 3.8) is 0 Å². The molecule has 1 rings (SSSR count). The molecule has 5 nitrogen and oxygen atoms in total. The van der Waals surface area contributed by atoms with E-state index in [9.17, 15) is 9.90 Å². The standard InChI is InChI=1S/C14H19NO4.ClH/c1-10(2)14(17)19-8-7-15-9-11-12(16)5-4-6-13(11)18-3;/h4-6,9-10,16H,7-8H2,1-3H3;1H. The van der Waals surface area contributed by atoms with Gasteiger partial charge in [-0.05, 0) is 12.1 Å². The number of phenolic OH excluding ortho intramolecular Hbond substituents is 1. The van der Waals surface area contributed by atoms with Crippen molar-refractivity contribution in [2.75, 3.05) is 20.3 Å². The van der Waals surface area contributed by atoms with E-state index in [1.807, 2.05) is 0 Å². The molecule has 0 aliphatic heterocycles. The molecule has 0 bridgehead atoms. The Kier molecular flexibility index (Phi) is 8.40. The van der Waals surface area contributed by atoms with E-state index in [-0.39, 0.29) is 36.7 Å². The van der Waals surface area contributed by atoms with Gasteiger partial charge in [0.2, 0.25) is 0 Å². The normalized spacial score (nSPS) is 10.4. The summed E-state index contributed by atoms with van der Waals surface area (Å²) in [7, 11) is 1.52. The fraction of sp³-hybridized carbons (Fsp3) is 0.429. The maximum atomic E-state index is 11.2. The van der Waals surface area contributed by atoms with Crippen LogP contribution in [0.3, 0.4) is 0 Å². The van der Waals surface area contributed by atoms with Crippen molar-refractivity contribution < 1.29 is 19.4 Å². The number of rotatable bonds is 6. The summed E-state index contributed by atoms with van der Waals surface area (Å²) in [6.45, 7) is 4.12. The Labute approximate surface area is 125 Å². The van der Waals surface area contributed by atoms with E-state index < -0.39 is 0 Å². The average molecular weight is 302 g/mol. The zero-order valence-corrected chi connectivity index (χ0v) is 12.6. The Morgan fingerprint density at radius 2 is 2.15 bits per heavy atom. The van der Waals surface area contributed by atoms with Crippen LogP contribution in [0.25, 0.3) is 0 Å². The first-order chi connectivity index (χ1) is 9.06. The number of aliphatic imine (C=N–C) groups is 1. The number of hydrogen-bond acceptors (Lipinski definition) is 5. The number of hydrogen-bond donors (Lipinski definition) is 1. The van der Waals surface area contributed by atoms with Crippen LogP contribution in [-0.2, 0) is 9.53 Å². The molecule has 0 spiro atoms. The van der Waals surface area contributed by atoms with Crippen LogP contribution in [0.5, 0.6) is 11.5 Å². The van der Waals surface area contributed by atoms with Crippen molar-refractivity contribution >= 4 is 24.6 Å². The van der Waals surface area contributed by atoms with Crippen LogP contribution in [0.2, 0.25) is 0 Å². The number of methoxy groups -OCH3 is 1. The summed E-state index contributed by atoms with van der Waals surface area (Å²) in [5.41, 5.74) is 0.514. The van der Waals surface area contributed by atoms with Gasteiger partial charge in [0.15, 0.2) is 0 Å². The third-order valence-corrected chi connectivity index (χ3v) is 2.42. The predicted octanol–water partition coefficient (Wildman–Crippen LogP) is 2.44. The summed E-state index contributed by atoms with van der Waals surface area (Å²) in [4.78, 5) is 15.3. The molecule has 1 aromatic carbocycles. The second kappa shape index (κ2) is 9.20. The van der Waals surface area contributed by atoms with Crippen molar-refractivity contribution in [2.45, 2.75) is 13.8 Å². The molecule has 0 heterocycles. The Hall–Kier alpha value is -1.75. The average Bonchev–Trinajstić information content (AvgIpc) is 2.39. The number of halogens is 1. The van der Waals surface area contributed by atoms with Gasteiger partial charge in [0.1, 0.15) is 18.1 Å². The van der Waals surface area contributed by atoms with Crippen LogP contribution in [0.15, 0.2) is 23.2 Å². The Balaban J connectivity index is 0.00000361. The second-order valence-corrected chi connectivity index (χ2v) is 4.25. The van der Waals surface area contributed by atoms with Crippen LogP contribution < -0.4 is 4.74 Å². The minimum absolute atomic E-state index is 0. The van der Waals surface area contributed by atoms with E-state index in [0.29, 0.717) is 17.9 Å². The number of nitrogens with zero attached hydrogens (tertiary/aromatic N) is 1. The number of carbonyl (C=O) groups is 1. The van der Waals surface area contributed by atoms with Gasteiger partial charge in [-0.15, -0.1) is 12.4 Å². The van der Waals surface area contributed by atoms with Gasteiger partial charge < -0.3 is 14.6 Å². The van der Waals surface area contributed by atoms with E-state index in [4.69, 9.17) is 9.47 Å². The molecule has 1 aromatic rings.